The van der Waals surface area contributed by atoms with Gasteiger partial charge in [0.2, 0.25) is 11.8 Å². The first-order valence-electron chi connectivity index (χ1n) is 10.4. The fourth-order valence-electron chi connectivity index (χ4n) is 3.45. The van der Waals surface area contributed by atoms with Crippen molar-refractivity contribution in [3.05, 3.63) is 67.5 Å². The summed E-state index contributed by atoms with van der Waals surface area (Å²) in [6, 6.07) is 14.5. The molecule has 1 amide bonds. The predicted molar refractivity (Wildman–Crippen MR) is 125 cm³/mol. The minimum atomic E-state index is -0.289. The Bertz CT molecular complexity index is 1120. The maximum absolute atomic E-state index is 11.9. The summed E-state index contributed by atoms with van der Waals surface area (Å²) in [4.78, 5) is 21.9. The van der Waals surface area contributed by atoms with E-state index < -0.39 is 0 Å². The van der Waals surface area contributed by atoms with Gasteiger partial charge in [-0.25, -0.2) is 9.97 Å². The van der Waals surface area contributed by atoms with E-state index in [2.05, 4.69) is 16.5 Å². The molecule has 1 aromatic heterocycles. The molecule has 0 saturated carbocycles. The van der Waals surface area contributed by atoms with E-state index in [1.165, 1.54) is 12.4 Å². The standard InChI is InChI=1S/C24H25N5O4/c1-2-21(30)29-11-12-31-20(13-29)14-32-24-22(23(26)27-15-28-24)16-3-7-18(8-4-16)33-19-9-5-17(25)6-10-19/h2-10,15,20H,1,11-14,25H2,(H2,26,27,28)/t20-/m1/s1. The fraction of sp³-hybridized carbons (Fsp3) is 0.208. The molecule has 0 radical (unpaired) electrons. The van der Waals surface area contributed by atoms with Gasteiger partial charge in [0.1, 0.15) is 36.4 Å². The highest BCUT2D eigenvalue weighted by Crippen LogP contribution is 2.34. The minimum Gasteiger partial charge on any atom is -0.474 e. The molecule has 0 aliphatic carbocycles. The molecule has 0 bridgehead atoms. The second kappa shape index (κ2) is 10.0. The highest BCUT2D eigenvalue weighted by Gasteiger charge is 2.24. The molecule has 0 unspecified atom stereocenters. The number of amides is 1. The zero-order valence-electron chi connectivity index (χ0n) is 18.0. The molecule has 1 fully saturated rings. The second-order valence-electron chi connectivity index (χ2n) is 7.43. The van der Waals surface area contributed by atoms with E-state index in [0.717, 1.165) is 5.56 Å². The van der Waals surface area contributed by atoms with Crippen molar-refractivity contribution >= 4 is 17.4 Å². The topological polar surface area (TPSA) is 126 Å². The van der Waals surface area contributed by atoms with Crippen molar-refractivity contribution in [2.45, 2.75) is 6.10 Å². The average Bonchev–Trinajstić information content (AvgIpc) is 2.84. The van der Waals surface area contributed by atoms with Gasteiger partial charge in [0.05, 0.1) is 18.7 Å². The van der Waals surface area contributed by atoms with Crippen LogP contribution in [0.3, 0.4) is 0 Å². The van der Waals surface area contributed by atoms with Gasteiger partial charge in [-0.15, -0.1) is 0 Å². The van der Waals surface area contributed by atoms with Gasteiger partial charge in [-0.1, -0.05) is 18.7 Å². The van der Waals surface area contributed by atoms with Crippen LogP contribution in [0.4, 0.5) is 11.5 Å². The minimum absolute atomic E-state index is 0.128. The molecule has 1 saturated heterocycles. The molecule has 3 aromatic rings. The highest BCUT2D eigenvalue weighted by molar-refractivity contribution is 5.87. The summed E-state index contributed by atoms with van der Waals surface area (Å²) in [6.07, 6.45) is 2.36. The van der Waals surface area contributed by atoms with E-state index in [9.17, 15) is 4.79 Å². The van der Waals surface area contributed by atoms with E-state index in [-0.39, 0.29) is 18.6 Å². The lowest BCUT2D eigenvalue weighted by Crippen LogP contribution is -2.47. The van der Waals surface area contributed by atoms with E-state index in [4.69, 9.17) is 25.7 Å². The number of morpholine rings is 1. The Morgan fingerprint density at radius 2 is 1.82 bits per heavy atom. The SMILES string of the molecule is C=CC(=O)N1CCO[C@@H](COc2ncnc(N)c2-c2ccc(Oc3ccc(N)cc3)cc2)C1. The summed E-state index contributed by atoms with van der Waals surface area (Å²) in [5.41, 5.74) is 13.9. The maximum Gasteiger partial charge on any atom is 0.246 e. The summed E-state index contributed by atoms with van der Waals surface area (Å²) in [5.74, 6) is 1.84. The average molecular weight is 447 g/mol. The van der Waals surface area contributed by atoms with Gasteiger partial charge in [0, 0.05) is 12.2 Å². The molecule has 2 heterocycles. The molecule has 170 valence electrons. The van der Waals surface area contributed by atoms with Crippen molar-refractivity contribution in [2.24, 2.45) is 0 Å². The first-order valence-corrected chi connectivity index (χ1v) is 10.4. The molecule has 1 atom stereocenters. The van der Waals surface area contributed by atoms with E-state index in [0.29, 0.717) is 54.1 Å². The monoisotopic (exact) mass is 447 g/mol. The molecule has 4 rings (SSSR count). The smallest absolute Gasteiger partial charge is 0.246 e. The van der Waals surface area contributed by atoms with Crippen LogP contribution in [0, 0.1) is 0 Å². The summed E-state index contributed by atoms with van der Waals surface area (Å²) in [7, 11) is 0. The molecular formula is C24H25N5O4. The van der Waals surface area contributed by atoms with Crippen LogP contribution < -0.4 is 20.9 Å². The van der Waals surface area contributed by atoms with E-state index in [1.807, 2.05) is 24.3 Å². The number of carbonyl (C=O) groups is 1. The van der Waals surface area contributed by atoms with Crippen LogP contribution in [-0.4, -0.2) is 53.2 Å². The molecule has 1 aliphatic rings. The number of nitrogens with two attached hydrogens (primary N) is 2. The Labute approximate surface area is 191 Å². The molecule has 33 heavy (non-hydrogen) atoms. The Balaban J connectivity index is 1.46. The van der Waals surface area contributed by atoms with Gasteiger partial charge in [-0.05, 0) is 48.0 Å². The van der Waals surface area contributed by atoms with Crippen LogP contribution in [0.2, 0.25) is 0 Å². The maximum atomic E-state index is 11.9. The summed E-state index contributed by atoms with van der Waals surface area (Å²) < 4.78 is 17.5. The van der Waals surface area contributed by atoms with E-state index >= 15 is 0 Å². The predicted octanol–water partition coefficient (Wildman–Crippen LogP) is 2.89. The highest BCUT2D eigenvalue weighted by atomic mass is 16.5. The summed E-state index contributed by atoms with van der Waals surface area (Å²) in [6.45, 7) is 5.12. The second-order valence-corrected chi connectivity index (χ2v) is 7.43. The third-order valence-corrected chi connectivity index (χ3v) is 5.13. The van der Waals surface area contributed by atoms with Crippen molar-refractivity contribution in [2.75, 3.05) is 37.8 Å². The number of ether oxygens (including phenoxy) is 3. The number of nitrogen functional groups attached to an aromatic ring is 2. The third-order valence-electron chi connectivity index (χ3n) is 5.13. The van der Waals surface area contributed by atoms with Gasteiger partial charge in [-0.3, -0.25) is 4.79 Å². The Morgan fingerprint density at radius 1 is 1.12 bits per heavy atom. The molecule has 1 aliphatic heterocycles. The van der Waals surface area contributed by atoms with Crippen LogP contribution in [0.5, 0.6) is 17.4 Å². The number of rotatable bonds is 7. The first-order chi connectivity index (χ1) is 16.0. The zero-order valence-corrected chi connectivity index (χ0v) is 18.0. The van der Waals surface area contributed by atoms with Crippen molar-refractivity contribution in [3.63, 3.8) is 0 Å². The molecular weight excluding hydrogens is 422 g/mol. The third kappa shape index (κ3) is 5.39. The Hall–Kier alpha value is -4.11. The fourth-order valence-corrected chi connectivity index (χ4v) is 3.45. The van der Waals surface area contributed by atoms with Crippen LogP contribution in [0.1, 0.15) is 0 Å². The lowest BCUT2D eigenvalue weighted by molar-refractivity contribution is -0.134. The van der Waals surface area contributed by atoms with Crippen molar-refractivity contribution in [1.29, 1.82) is 0 Å². The summed E-state index contributed by atoms with van der Waals surface area (Å²) >= 11 is 0. The van der Waals surface area contributed by atoms with Crippen molar-refractivity contribution < 1.29 is 19.0 Å². The Morgan fingerprint density at radius 3 is 2.52 bits per heavy atom. The largest absolute Gasteiger partial charge is 0.474 e. The van der Waals surface area contributed by atoms with Crippen LogP contribution in [-0.2, 0) is 9.53 Å². The summed E-state index contributed by atoms with van der Waals surface area (Å²) in [5, 5.41) is 0. The molecule has 9 nitrogen and oxygen atoms in total. The van der Waals surface area contributed by atoms with Crippen LogP contribution in [0.25, 0.3) is 11.1 Å². The van der Waals surface area contributed by atoms with Gasteiger partial charge in [0.25, 0.3) is 0 Å². The van der Waals surface area contributed by atoms with Crippen LogP contribution in [0.15, 0.2) is 67.5 Å². The van der Waals surface area contributed by atoms with Crippen LogP contribution >= 0.6 is 0 Å². The number of hydrogen-bond donors (Lipinski definition) is 2. The number of hydrogen-bond acceptors (Lipinski definition) is 8. The van der Waals surface area contributed by atoms with Gasteiger partial charge in [-0.2, -0.15) is 0 Å². The van der Waals surface area contributed by atoms with Gasteiger partial charge in [0.15, 0.2) is 0 Å². The van der Waals surface area contributed by atoms with Crippen molar-refractivity contribution in [1.82, 2.24) is 14.9 Å². The number of anilines is 2. The molecule has 4 N–H and O–H groups in total. The van der Waals surface area contributed by atoms with Gasteiger partial charge >= 0.3 is 0 Å². The molecule has 9 heteroatoms. The lowest BCUT2D eigenvalue weighted by atomic mass is 10.1. The zero-order chi connectivity index (χ0) is 23.2. The Kier molecular flexibility index (Phi) is 6.70. The van der Waals surface area contributed by atoms with E-state index in [1.54, 1.807) is 29.2 Å². The van der Waals surface area contributed by atoms with Crippen molar-refractivity contribution in [3.8, 4) is 28.5 Å². The quantitative estimate of drug-likeness (QED) is 0.418. The number of benzene rings is 2. The van der Waals surface area contributed by atoms with Gasteiger partial charge < -0.3 is 30.6 Å². The lowest BCUT2D eigenvalue weighted by Gasteiger charge is -2.32. The number of aromatic nitrogens is 2. The number of nitrogens with zero attached hydrogens (tertiary/aromatic N) is 3. The first kappa shape index (κ1) is 22.1. The molecule has 2 aromatic carbocycles. The normalized spacial score (nSPS) is 15.6. The molecule has 0 spiro atoms. The number of carbonyl (C=O) groups excluding carboxylic acids is 1.